The molecular weight excluding hydrogens is 453 g/mol. The van der Waals surface area contributed by atoms with Crippen LogP contribution in [0.4, 0.5) is 0 Å². The molecule has 1 aliphatic heterocycles. The van der Waals surface area contributed by atoms with Crippen LogP contribution in [-0.2, 0) is 10.2 Å². The molecule has 3 rings (SSSR count). The van der Waals surface area contributed by atoms with Crippen molar-refractivity contribution < 1.29 is 9.84 Å². The summed E-state index contributed by atoms with van der Waals surface area (Å²) in [5.41, 5.74) is 0.877. The maximum absolute atomic E-state index is 10.7. The lowest BCUT2D eigenvalue weighted by atomic mass is 9.79. The first-order valence-corrected chi connectivity index (χ1v) is 10.0. The molecule has 0 spiro atoms. The van der Waals surface area contributed by atoms with Gasteiger partial charge in [0, 0.05) is 44.6 Å². The van der Waals surface area contributed by atoms with Crippen LogP contribution in [-0.4, -0.2) is 49.5 Å². The Morgan fingerprint density at radius 3 is 2.37 bits per heavy atom. The number of benzene rings is 1. The van der Waals surface area contributed by atoms with Gasteiger partial charge >= 0.3 is 0 Å². The fraction of sp³-hybridized carbons (Fsp3) is 0.667. The third-order valence-electron chi connectivity index (χ3n) is 5.84. The van der Waals surface area contributed by atoms with Crippen LogP contribution in [0.3, 0.4) is 0 Å². The molecule has 2 aliphatic rings. The Balaban J connectivity index is 0.00000261. The van der Waals surface area contributed by atoms with Crippen molar-refractivity contribution in [1.82, 2.24) is 10.6 Å². The van der Waals surface area contributed by atoms with E-state index >= 15 is 0 Å². The molecule has 3 N–H and O–H groups in total. The van der Waals surface area contributed by atoms with Gasteiger partial charge in [-0.15, -0.1) is 24.0 Å². The Bertz CT molecular complexity index is 582. The van der Waals surface area contributed by atoms with Crippen molar-refractivity contribution in [2.24, 2.45) is 4.99 Å². The van der Waals surface area contributed by atoms with E-state index in [1.807, 2.05) is 0 Å². The van der Waals surface area contributed by atoms with E-state index in [9.17, 15) is 5.11 Å². The minimum absolute atomic E-state index is 0. The summed E-state index contributed by atoms with van der Waals surface area (Å²) >= 11 is 0. The second-order valence-corrected chi connectivity index (χ2v) is 7.74. The summed E-state index contributed by atoms with van der Waals surface area (Å²) in [4.78, 5) is 4.68. The zero-order chi connectivity index (χ0) is 18.3. The largest absolute Gasteiger partial charge is 0.388 e. The molecule has 0 amide bonds. The zero-order valence-electron chi connectivity index (χ0n) is 16.4. The average Bonchev–Trinajstić information content (AvgIpc) is 3.16. The number of halogens is 1. The van der Waals surface area contributed by atoms with Gasteiger partial charge < -0.3 is 20.5 Å². The summed E-state index contributed by atoms with van der Waals surface area (Å²) in [7, 11) is 0. The molecule has 2 fully saturated rings. The summed E-state index contributed by atoms with van der Waals surface area (Å²) in [5.74, 6) is 0.801. The van der Waals surface area contributed by atoms with E-state index in [1.54, 1.807) is 0 Å². The van der Waals surface area contributed by atoms with Gasteiger partial charge in [-0.1, -0.05) is 43.2 Å². The number of ether oxygens (including phenoxy) is 1. The molecule has 1 heterocycles. The van der Waals surface area contributed by atoms with Crippen LogP contribution in [0.25, 0.3) is 0 Å². The monoisotopic (exact) mass is 487 g/mol. The second kappa shape index (κ2) is 10.6. The highest BCUT2D eigenvalue weighted by molar-refractivity contribution is 14.0. The molecule has 1 aliphatic carbocycles. The SMILES string of the molecule is CCNC(=NCC1(O)CCOCC1)NCC1(c2ccccc2)CCCC1.I. The number of aliphatic hydroxyl groups is 1. The first-order valence-electron chi connectivity index (χ1n) is 10.0. The van der Waals surface area contributed by atoms with Gasteiger partial charge in [-0.3, -0.25) is 4.99 Å². The Morgan fingerprint density at radius 2 is 1.74 bits per heavy atom. The lowest BCUT2D eigenvalue weighted by molar-refractivity contribution is -0.0565. The van der Waals surface area contributed by atoms with Crippen molar-refractivity contribution in [3.8, 4) is 0 Å². The smallest absolute Gasteiger partial charge is 0.191 e. The summed E-state index contributed by atoms with van der Waals surface area (Å²) in [6, 6.07) is 10.9. The third kappa shape index (κ3) is 6.06. The number of aliphatic imine (C=N–C) groups is 1. The highest BCUT2D eigenvalue weighted by Crippen LogP contribution is 2.40. The lowest BCUT2D eigenvalue weighted by Gasteiger charge is -2.32. The molecule has 6 heteroatoms. The minimum Gasteiger partial charge on any atom is -0.388 e. The molecule has 0 aromatic heterocycles. The van der Waals surface area contributed by atoms with E-state index in [0.717, 1.165) is 19.0 Å². The molecule has 5 nitrogen and oxygen atoms in total. The van der Waals surface area contributed by atoms with Crippen molar-refractivity contribution >= 4 is 29.9 Å². The Morgan fingerprint density at radius 1 is 1.07 bits per heavy atom. The van der Waals surface area contributed by atoms with Crippen molar-refractivity contribution in [2.45, 2.75) is 56.5 Å². The van der Waals surface area contributed by atoms with E-state index in [1.165, 1.54) is 31.2 Å². The highest BCUT2D eigenvalue weighted by Gasteiger charge is 2.35. The highest BCUT2D eigenvalue weighted by atomic mass is 127. The van der Waals surface area contributed by atoms with Crippen LogP contribution in [0.5, 0.6) is 0 Å². The van der Waals surface area contributed by atoms with Gasteiger partial charge in [-0.25, -0.2) is 0 Å². The molecule has 1 saturated carbocycles. The zero-order valence-corrected chi connectivity index (χ0v) is 18.7. The molecule has 1 saturated heterocycles. The van der Waals surface area contributed by atoms with Gasteiger partial charge in [-0.05, 0) is 25.3 Å². The summed E-state index contributed by atoms with van der Waals surface area (Å²) in [6.45, 7) is 5.42. The summed E-state index contributed by atoms with van der Waals surface area (Å²) in [6.07, 6.45) is 6.30. The van der Waals surface area contributed by atoms with Gasteiger partial charge in [0.1, 0.15) is 0 Å². The van der Waals surface area contributed by atoms with Crippen LogP contribution in [0.2, 0.25) is 0 Å². The topological polar surface area (TPSA) is 65.9 Å². The first kappa shape index (κ1) is 22.4. The van der Waals surface area contributed by atoms with Crippen LogP contribution in [0, 0.1) is 0 Å². The molecule has 1 aromatic rings. The van der Waals surface area contributed by atoms with E-state index < -0.39 is 5.60 Å². The summed E-state index contributed by atoms with van der Waals surface area (Å²) in [5, 5.41) is 17.5. The van der Waals surface area contributed by atoms with Crippen LogP contribution >= 0.6 is 24.0 Å². The molecule has 152 valence electrons. The number of nitrogens with zero attached hydrogens (tertiary/aromatic N) is 1. The van der Waals surface area contributed by atoms with Gasteiger partial charge in [0.15, 0.2) is 5.96 Å². The molecule has 0 unspecified atom stereocenters. The van der Waals surface area contributed by atoms with Crippen LogP contribution in [0.1, 0.15) is 51.0 Å². The quantitative estimate of drug-likeness (QED) is 0.328. The van der Waals surface area contributed by atoms with E-state index in [0.29, 0.717) is 32.6 Å². The molecule has 0 atom stereocenters. The van der Waals surface area contributed by atoms with E-state index in [2.05, 4.69) is 52.9 Å². The number of nitrogens with one attached hydrogen (secondary N) is 2. The number of rotatable bonds is 6. The Hall–Kier alpha value is -0.860. The van der Waals surface area contributed by atoms with Crippen molar-refractivity contribution in [2.75, 3.05) is 32.8 Å². The minimum atomic E-state index is -0.731. The standard InChI is InChI=1S/C21H33N3O2.HI/c1-2-22-19(24-17-21(25)12-14-26-15-13-21)23-16-20(10-6-7-11-20)18-8-4-3-5-9-18;/h3-5,8-9,25H,2,6-7,10-17H2,1H3,(H2,22,23,24);1H. The lowest BCUT2D eigenvalue weighted by Crippen LogP contribution is -2.46. The van der Waals surface area contributed by atoms with Gasteiger partial charge in [0.25, 0.3) is 0 Å². The average molecular weight is 487 g/mol. The van der Waals surface area contributed by atoms with Gasteiger partial charge in [0.05, 0.1) is 12.1 Å². The third-order valence-corrected chi connectivity index (χ3v) is 5.84. The van der Waals surface area contributed by atoms with Crippen molar-refractivity contribution in [3.63, 3.8) is 0 Å². The van der Waals surface area contributed by atoms with Crippen molar-refractivity contribution in [3.05, 3.63) is 35.9 Å². The number of guanidine groups is 1. The van der Waals surface area contributed by atoms with Crippen molar-refractivity contribution in [1.29, 1.82) is 0 Å². The van der Waals surface area contributed by atoms with E-state index in [-0.39, 0.29) is 29.4 Å². The van der Waals surface area contributed by atoms with Gasteiger partial charge in [-0.2, -0.15) is 0 Å². The predicted molar refractivity (Wildman–Crippen MR) is 121 cm³/mol. The number of hydrogen-bond acceptors (Lipinski definition) is 3. The Labute approximate surface area is 180 Å². The molecule has 1 aromatic carbocycles. The molecule has 0 radical (unpaired) electrons. The normalized spacial score (nSPS) is 21.3. The second-order valence-electron chi connectivity index (χ2n) is 7.74. The Kier molecular flexibility index (Phi) is 8.82. The predicted octanol–water partition coefficient (Wildman–Crippen LogP) is 3.21. The van der Waals surface area contributed by atoms with Gasteiger partial charge in [0.2, 0.25) is 0 Å². The van der Waals surface area contributed by atoms with E-state index in [4.69, 9.17) is 4.74 Å². The molecular formula is C21H34IN3O2. The first-order chi connectivity index (χ1) is 12.7. The fourth-order valence-electron chi connectivity index (χ4n) is 4.14. The maximum atomic E-state index is 10.7. The van der Waals surface area contributed by atoms with Crippen LogP contribution < -0.4 is 10.6 Å². The van der Waals surface area contributed by atoms with Crippen LogP contribution in [0.15, 0.2) is 35.3 Å². The summed E-state index contributed by atoms with van der Waals surface area (Å²) < 4.78 is 5.36. The number of hydrogen-bond donors (Lipinski definition) is 3. The molecule has 27 heavy (non-hydrogen) atoms. The molecule has 0 bridgehead atoms. The maximum Gasteiger partial charge on any atom is 0.191 e. The fourth-order valence-corrected chi connectivity index (χ4v) is 4.14.